The highest BCUT2D eigenvalue weighted by atomic mass is 16.5. The molecule has 1 heterocycles. The van der Waals surface area contributed by atoms with E-state index in [-0.39, 0.29) is 6.10 Å². The monoisotopic (exact) mass is 167 g/mol. The molecule has 0 radical (unpaired) electrons. The van der Waals surface area contributed by atoms with Crippen LogP contribution < -0.4 is 0 Å². The van der Waals surface area contributed by atoms with Gasteiger partial charge in [0.1, 0.15) is 0 Å². The van der Waals surface area contributed by atoms with Gasteiger partial charge in [-0.3, -0.25) is 0 Å². The fourth-order valence-electron chi connectivity index (χ4n) is 2.17. The fourth-order valence-corrected chi connectivity index (χ4v) is 2.17. The quantitative estimate of drug-likeness (QED) is 0.353. The summed E-state index contributed by atoms with van der Waals surface area (Å²) in [6.07, 6.45) is 5.25. The summed E-state index contributed by atoms with van der Waals surface area (Å²) in [5.41, 5.74) is 8.61. The third-order valence-electron chi connectivity index (χ3n) is 3.05. The Bertz CT molecular complexity index is 218. The van der Waals surface area contributed by atoms with Gasteiger partial charge in [0.05, 0.1) is 19.3 Å². The Morgan fingerprint density at radius 3 is 2.92 bits per heavy atom. The largest absolute Gasteiger partial charge is 0.377 e. The molecule has 1 atom stereocenters. The first-order valence-corrected chi connectivity index (χ1v) is 4.47. The summed E-state index contributed by atoms with van der Waals surface area (Å²) in [7, 11) is 0. The van der Waals surface area contributed by atoms with Crippen molar-refractivity contribution in [1.29, 1.82) is 0 Å². The summed E-state index contributed by atoms with van der Waals surface area (Å²) in [5, 5.41) is 3.53. The molecule has 1 saturated carbocycles. The summed E-state index contributed by atoms with van der Waals surface area (Å²) in [4.78, 5) is 2.74. The summed E-state index contributed by atoms with van der Waals surface area (Å²) >= 11 is 0. The lowest BCUT2D eigenvalue weighted by Gasteiger charge is -2.36. The fraction of sp³-hybridized carbons (Fsp3) is 1.00. The minimum absolute atomic E-state index is 0.196. The van der Waals surface area contributed by atoms with E-state index in [1.807, 2.05) is 0 Å². The highest BCUT2D eigenvalue weighted by Gasteiger charge is 2.44. The smallest absolute Gasteiger partial charge is 0.0637 e. The maximum absolute atomic E-state index is 8.13. The van der Waals surface area contributed by atoms with Crippen molar-refractivity contribution in [3.63, 3.8) is 0 Å². The van der Waals surface area contributed by atoms with Gasteiger partial charge in [0, 0.05) is 4.91 Å². The minimum atomic E-state index is 0.196. The molecule has 4 heteroatoms. The van der Waals surface area contributed by atoms with Gasteiger partial charge in [0.15, 0.2) is 0 Å². The Labute approximate surface area is 71.5 Å². The maximum atomic E-state index is 8.13. The van der Waals surface area contributed by atoms with Crippen molar-refractivity contribution in [1.82, 2.24) is 0 Å². The molecule has 1 unspecified atom stereocenters. The first-order chi connectivity index (χ1) is 5.85. The van der Waals surface area contributed by atoms with Crippen LogP contribution in [0.1, 0.15) is 25.7 Å². The predicted molar refractivity (Wildman–Crippen MR) is 44.7 cm³/mol. The van der Waals surface area contributed by atoms with Crippen LogP contribution in [0.25, 0.3) is 10.4 Å². The molecule has 1 aliphatic carbocycles. The van der Waals surface area contributed by atoms with Crippen molar-refractivity contribution in [3.05, 3.63) is 10.4 Å². The first-order valence-electron chi connectivity index (χ1n) is 4.47. The Kier molecular flexibility index (Phi) is 1.95. The molecule has 66 valence electrons. The number of rotatable bonds is 2. The van der Waals surface area contributed by atoms with E-state index in [1.165, 1.54) is 19.3 Å². The van der Waals surface area contributed by atoms with Crippen molar-refractivity contribution in [3.8, 4) is 0 Å². The number of ether oxygens (including phenoxy) is 1. The second-order valence-corrected chi connectivity index (χ2v) is 3.90. The molecular weight excluding hydrogens is 154 g/mol. The van der Waals surface area contributed by atoms with E-state index in [1.54, 1.807) is 0 Å². The Balaban J connectivity index is 1.85. The van der Waals surface area contributed by atoms with E-state index in [9.17, 15) is 0 Å². The van der Waals surface area contributed by atoms with Gasteiger partial charge in [-0.2, -0.15) is 0 Å². The summed E-state index contributed by atoms with van der Waals surface area (Å²) < 4.78 is 5.55. The van der Waals surface area contributed by atoms with E-state index in [2.05, 4.69) is 10.0 Å². The number of hydrogen-bond donors (Lipinski definition) is 0. The zero-order chi connectivity index (χ0) is 8.44. The zero-order valence-electron chi connectivity index (χ0n) is 7.07. The van der Waals surface area contributed by atoms with Gasteiger partial charge in [0.25, 0.3) is 0 Å². The molecule has 0 N–H and O–H groups in total. The molecule has 1 spiro atoms. The molecule has 1 saturated heterocycles. The molecule has 0 aromatic heterocycles. The second kappa shape index (κ2) is 2.96. The van der Waals surface area contributed by atoms with Gasteiger partial charge in [-0.25, -0.2) is 0 Å². The van der Waals surface area contributed by atoms with Crippen molar-refractivity contribution >= 4 is 0 Å². The molecule has 12 heavy (non-hydrogen) atoms. The van der Waals surface area contributed by atoms with Gasteiger partial charge in [0.2, 0.25) is 0 Å². The van der Waals surface area contributed by atoms with Crippen LogP contribution in [0.3, 0.4) is 0 Å². The lowest BCUT2D eigenvalue weighted by Crippen LogP contribution is -2.29. The molecule has 2 aliphatic rings. The van der Waals surface area contributed by atoms with Crippen LogP contribution >= 0.6 is 0 Å². The molecule has 4 nitrogen and oxygen atoms in total. The Morgan fingerprint density at radius 1 is 1.58 bits per heavy atom. The third-order valence-corrected chi connectivity index (χ3v) is 3.05. The number of hydrogen-bond acceptors (Lipinski definition) is 2. The summed E-state index contributed by atoms with van der Waals surface area (Å²) in [5.74, 6) is 0. The summed E-state index contributed by atoms with van der Waals surface area (Å²) in [6.45, 7) is 1.40. The zero-order valence-corrected chi connectivity index (χ0v) is 7.07. The van der Waals surface area contributed by atoms with Gasteiger partial charge in [-0.15, -0.1) is 0 Å². The predicted octanol–water partition coefficient (Wildman–Crippen LogP) is 2.26. The van der Waals surface area contributed by atoms with Crippen LogP contribution in [0.15, 0.2) is 5.11 Å². The first kappa shape index (κ1) is 7.90. The van der Waals surface area contributed by atoms with Crippen LogP contribution in [0.2, 0.25) is 0 Å². The van der Waals surface area contributed by atoms with Crippen molar-refractivity contribution in [2.75, 3.05) is 13.2 Å². The van der Waals surface area contributed by atoms with E-state index >= 15 is 0 Å². The third kappa shape index (κ3) is 1.28. The highest BCUT2D eigenvalue weighted by molar-refractivity contribution is 4.94. The van der Waals surface area contributed by atoms with Gasteiger partial charge in [-0.1, -0.05) is 11.5 Å². The lowest BCUT2D eigenvalue weighted by molar-refractivity contribution is 0.0715. The number of azide groups is 1. The van der Waals surface area contributed by atoms with Crippen molar-refractivity contribution < 1.29 is 4.74 Å². The molecular formula is C8H13N3O. The van der Waals surface area contributed by atoms with Crippen LogP contribution in [-0.4, -0.2) is 19.3 Å². The SMILES string of the molecule is [N-]=[N+]=NCC1CC2(CCC2)CO1. The normalized spacial score (nSPS) is 31.2. The molecule has 2 fully saturated rings. The molecule has 1 aliphatic heterocycles. The molecule has 0 aromatic carbocycles. The van der Waals surface area contributed by atoms with Crippen LogP contribution in [0.4, 0.5) is 0 Å². The maximum Gasteiger partial charge on any atom is 0.0637 e. The van der Waals surface area contributed by atoms with Gasteiger partial charge in [-0.05, 0) is 30.2 Å². The Morgan fingerprint density at radius 2 is 2.42 bits per heavy atom. The van der Waals surface area contributed by atoms with Crippen LogP contribution in [-0.2, 0) is 4.74 Å². The van der Waals surface area contributed by atoms with Crippen molar-refractivity contribution in [2.45, 2.75) is 31.8 Å². The molecule has 2 rings (SSSR count). The standard InChI is InChI=1S/C8H13N3O/c9-11-10-5-7-4-8(6-12-7)2-1-3-8/h7H,1-6H2. The second-order valence-electron chi connectivity index (χ2n) is 3.90. The molecule has 0 bridgehead atoms. The van der Waals surface area contributed by atoms with Gasteiger partial charge < -0.3 is 4.74 Å². The molecule has 0 amide bonds. The molecule has 0 aromatic rings. The van der Waals surface area contributed by atoms with Crippen LogP contribution in [0, 0.1) is 5.41 Å². The lowest BCUT2D eigenvalue weighted by atomic mass is 9.68. The topological polar surface area (TPSA) is 58.0 Å². The Hall–Kier alpha value is -0.730. The average molecular weight is 167 g/mol. The van der Waals surface area contributed by atoms with E-state index in [0.717, 1.165) is 13.0 Å². The van der Waals surface area contributed by atoms with Crippen molar-refractivity contribution in [2.24, 2.45) is 10.5 Å². The number of nitrogens with zero attached hydrogens (tertiary/aromatic N) is 3. The average Bonchev–Trinajstić information content (AvgIpc) is 2.44. The van der Waals surface area contributed by atoms with E-state index < -0.39 is 0 Å². The minimum Gasteiger partial charge on any atom is -0.377 e. The van der Waals surface area contributed by atoms with Crippen LogP contribution in [0.5, 0.6) is 0 Å². The summed E-state index contributed by atoms with van der Waals surface area (Å²) in [6, 6.07) is 0. The van der Waals surface area contributed by atoms with E-state index in [4.69, 9.17) is 10.3 Å². The van der Waals surface area contributed by atoms with Gasteiger partial charge >= 0.3 is 0 Å². The highest BCUT2D eigenvalue weighted by Crippen LogP contribution is 2.49. The van der Waals surface area contributed by atoms with E-state index in [0.29, 0.717) is 12.0 Å².